The molecule has 2 N–H and O–H groups in total. The fraction of sp³-hybridized carbons (Fsp3) is 0.167. The third kappa shape index (κ3) is 2.78. The smallest absolute Gasteiger partial charge is 0.0961 e. The Hall–Kier alpha value is -0.250. The van der Waals surface area contributed by atoms with Crippen LogP contribution in [0.2, 0.25) is 14.4 Å². The highest BCUT2D eigenvalue weighted by Crippen LogP contribution is 2.34. The second-order valence-electron chi connectivity index (χ2n) is 3.76. The Morgan fingerprint density at radius 2 is 1.82 bits per heavy atom. The molecule has 0 aliphatic rings. The molecule has 0 saturated carbocycles. The van der Waals surface area contributed by atoms with E-state index in [4.69, 9.17) is 40.5 Å². The fourth-order valence-electron chi connectivity index (χ4n) is 1.51. The van der Waals surface area contributed by atoms with Crippen LogP contribution in [-0.4, -0.2) is 0 Å². The average Bonchev–Trinajstić information content (AvgIpc) is 2.62. The summed E-state index contributed by atoms with van der Waals surface area (Å²) >= 11 is 19.4. The lowest BCUT2D eigenvalue weighted by molar-refractivity contribution is 0.893. The molecule has 1 aromatic heterocycles. The van der Waals surface area contributed by atoms with Gasteiger partial charge in [-0.25, -0.2) is 0 Å². The lowest BCUT2D eigenvalue weighted by atomic mass is 10.1. The first-order valence-electron chi connectivity index (χ1n) is 4.95. The molecule has 0 aliphatic heterocycles. The van der Waals surface area contributed by atoms with E-state index in [1.807, 2.05) is 19.1 Å². The number of aryl methyl sites for hydroxylation is 1. The van der Waals surface area contributed by atoms with Crippen molar-refractivity contribution in [3.8, 4) is 0 Å². The van der Waals surface area contributed by atoms with Gasteiger partial charge in [-0.3, -0.25) is 0 Å². The highest BCUT2D eigenvalue weighted by molar-refractivity contribution is 7.16. The zero-order valence-electron chi connectivity index (χ0n) is 9.01. The van der Waals surface area contributed by atoms with Crippen LogP contribution < -0.4 is 5.73 Å². The Morgan fingerprint density at radius 1 is 1.12 bits per heavy atom. The number of halogens is 3. The van der Waals surface area contributed by atoms with Gasteiger partial charge in [0.1, 0.15) is 0 Å². The molecule has 0 bridgehead atoms. The summed E-state index contributed by atoms with van der Waals surface area (Å²) in [5, 5.41) is 1.04. The minimum absolute atomic E-state index is 0.221. The summed E-state index contributed by atoms with van der Waals surface area (Å²) in [5.41, 5.74) is 8.14. The topological polar surface area (TPSA) is 26.0 Å². The van der Waals surface area contributed by atoms with Crippen LogP contribution in [0.4, 0.5) is 0 Å². The van der Waals surface area contributed by atoms with Crippen molar-refractivity contribution in [2.24, 2.45) is 5.73 Å². The molecule has 0 aliphatic carbocycles. The maximum Gasteiger partial charge on any atom is 0.0961 e. The molecule has 2 rings (SSSR count). The van der Waals surface area contributed by atoms with Gasteiger partial charge in [-0.1, -0.05) is 40.9 Å². The molecule has 1 aromatic carbocycles. The van der Waals surface area contributed by atoms with Gasteiger partial charge >= 0.3 is 0 Å². The summed E-state index contributed by atoms with van der Waals surface area (Å²) in [6.45, 7) is 1.96. The van der Waals surface area contributed by atoms with E-state index in [-0.39, 0.29) is 6.04 Å². The maximum atomic E-state index is 6.17. The zero-order valence-corrected chi connectivity index (χ0v) is 12.1. The van der Waals surface area contributed by atoms with Gasteiger partial charge in [0.25, 0.3) is 0 Å². The third-order valence-corrected chi connectivity index (χ3v) is 4.86. The van der Waals surface area contributed by atoms with Gasteiger partial charge in [0.05, 0.1) is 20.4 Å². The van der Waals surface area contributed by atoms with Gasteiger partial charge in [0.2, 0.25) is 0 Å². The molecule has 0 saturated heterocycles. The molecule has 1 atom stereocenters. The molecule has 1 unspecified atom stereocenters. The number of benzene rings is 1. The molecular formula is C12H10Cl3NS. The Labute approximate surface area is 119 Å². The quantitative estimate of drug-likeness (QED) is 0.824. The van der Waals surface area contributed by atoms with Crippen LogP contribution >= 0.6 is 46.1 Å². The third-order valence-electron chi connectivity index (χ3n) is 2.49. The number of hydrogen-bond acceptors (Lipinski definition) is 2. The first-order chi connectivity index (χ1) is 7.99. The van der Waals surface area contributed by atoms with Gasteiger partial charge in [0, 0.05) is 4.88 Å². The van der Waals surface area contributed by atoms with E-state index < -0.39 is 0 Å². The predicted octanol–water partition coefficient (Wildman–Crippen LogP) is 5.06. The van der Waals surface area contributed by atoms with Crippen LogP contribution in [0.25, 0.3) is 0 Å². The fourth-order valence-corrected chi connectivity index (χ4v) is 3.06. The molecule has 5 heteroatoms. The van der Waals surface area contributed by atoms with Crippen LogP contribution in [0.1, 0.15) is 22.0 Å². The number of rotatable bonds is 2. The summed E-state index contributed by atoms with van der Waals surface area (Å²) in [7, 11) is 0. The van der Waals surface area contributed by atoms with Crippen LogP contribution in [0, 0.1) is 6.92 Å². The molecule has 0 radical (unpaired) electrons. The summed E-state index contributed by atoms with van der Waals surface area (Å²) in [5.74, 6) is 0. The molecule has 1 heterocycles. The standard InChI is InChI=1S/C12H10Cl3NS/c1-6-4-10(17-12(6)15)11(16)7-2-3-8(13)9(14)5-7/h2-5,11H,16H2,1H3. The van der Waals surface area contributed by atoms with E-state index >= 15 is 0 Å². The highest BCUT2D eigenvalue weighted by Gasteiger charge is 2.14. The van der Waals surface area contributed by atoms with Gasteiger partial charge in [-0.15, -0.1) is 11.3 Å². The lowest BCUT2D eigenvalue weighted by Crippen LogP contribution is -2.10. The van der Waals surface area contributed by atoms with Crippen molar-refractivity contribution in [2.45, 2.75) is 13.0 Å². The van der Waals surface area contributed by atoms with Crippen LogP contribution in [0.15, 0.2) is 24.3 Å². The van der Waals surface area contributed by atoms with Gasteiger partial charge < -0.3 is 5.73 Å². The van der Waals surface area contributed by atoms with Crippen molar-refractivity contribution in [3.63, 3.8) is 0 Å². The minimum Gasteiger partial charge on any atom is -0.320 e. The number of hydrogen-bond donors (Lipinski definition) is 1. The van der Waals surface area contributed by atoms with Crippen molar-refractivity contribution in [1.29, 1.82) is 0 Å². The monoisotopic (exact) mass is 305 g/mol. The summed E-state index contributed by atoms with van der Waals surface area (Å²) < 4.78 is 0.774. The Morgan fingerprint density at radius 3 is 2.35 bits per heavy atom. The molecular weight excluding hydrogens is 297 g/mol. The maximum absolute atomic E-state index is 6.17. The number of thiophene rings is 1. The predicted molar refractivity (Wildman–Crippen MR) is 76.6 cm³/mol. The molecule has 0 amide bonds. The second kappa shape index (κ2) is 5.17. The van der Waals surface area contributed by atoms with Gasteiger partial charge in [-0.2, -0.15) is 0 Å². The summed E-state index contributed by atoms with van der Waals surface area (Å²) in [6, 6.07) is 7.20. The Balaban J connectivity index is 2.36. The summed E-state index contributed by atoms with van der Waals surface area (Å²) in [6.07, 6.45) is 0. The van der Waals surface area contributed by atoms with Crippen LogP contribution in [0.5, 0.6) is 0 Å². The van der Waals surface area contributed by atoms with Crippen molar-refractivity contribution >= 4 is 46.1 Å². The van der Waals surface area contributed by atoms with E-state index in [9.17, 15) is 0 Å². The van der Waals surface area contributed by atoms with E-state index in [1.54, 1.807) is 12.1 Å². The van der Waals surface area contributed by atoms with Gasteiger partial charge in [-0.05, 0) is 36.2 Å². The van der Waals surface area contributed by atoms with Crippen LogP contribution in [0.3, 0.4) is 0 Å². The Bertz CT molecular complexity index is 531. The largest absolute Gasteiger partial charge is 0.320 e. The molecule has 0 spiro atoms. The average molecular weight is 307 g/mol. The van der Waals surface area contributed by atoms with E-state index in [1.165, 1.54) is 11.3 Å². The van der Waals surface area contributed by atoms with Crippen molar-refractivity contribution in [2.75, 3.05) is 0 Å². The normalized spacial score (nSPS) is 12.8. The van der Waals surface area contributed by atoms with E-state index in [2.05, 4.69) is 0 Å². The van der Waals surface area contributed by atoms with Gasteiger partial charge in [0.15, 0.2) is 0 Å². The first kappa shape index (κ1) is 13.2. The highest BCUT2D eigenvalue weighted by atomic mass is 35.5. The molecule has 0 fully saturated rings. The SMILES string of the molecule is Cc1cc(C(N)c2ccc(Cl)c(Cl)c2)sc1Cl. The van der Waals surface area contributed by atoms with E-state index in [0.29, 0.717) is 10.0 Å². The molecule has 17 heavy (non-hydrogen) atoms. The van der Waals surface area contributed by atoms with Crippen molar-refractivity contribution in [3.05, 3.63) is 54.7 Å². The molecule has 1 nitrogen and oxygen atoms in total. The van der Waals surface area contributed by atoms with Crippen LogP contribution in [-0.2, 0) is 0 Å². The first-order valence-corrected chi connectivity index (χ1v) is 6.90. The zero-order chi connectivity index (χ0) is 12.6. The van der Waals surface area contributed by atoms with Crippen molar-refractivity contribution < 1.29 is 0 Å². The second-order valence-corrected chi connectivity index (χ2v) is 6.26. The molecule has 2 aromatic rings. The van der Waals surface area contributed by atoms with Crippen molar-refractivity contribution in [1.82, 2.24) is 0 Å². The minimum atomic E-state index is -0.221. The number of nitrogens with two attached hydrogens (primary N) is 1. The van der Waals surface area contributed by atoms with E-state index in [0.717, 1.165) is 20.3 Å². The Kier molecular flexibility index (Phi) is 4.01. The lowest BCUT2D eigenvalue weighted by Gasteiger charge is -2.10. The summed E-state index contributed by atoms with van der Waals surface area (Å²) in [4.78, 5) is 1.02. The molecule has 90 valence electrons.